The highest BCUT2D eigenvalue weighted by molar-refractivity contribution is 5.99. The lowest BCUT2D eigenvalue weighted by atomic mass is 9.91. The summed E-state index contributed by atoms with van der Waals surface area (Å²) in [5, 5.41) is 22.5. The molecule has 0 spiro atoms. The fourth-order valence-corrected chi connectivity index (χ4v) is 9.63. The first kappa shape index (κ1) is 70.9. The second-order valence-electron chi connectivity index (χ2n) is 23.3. The van der Waals surface area contributed by atoms with Crippen LogP contribution >= 0.6 is 0 Å². The summed E-state index contributed by atoms with van der Waals surface area (Å²) in [6, 6.07) is -11.1. The SMILES string of the molecule is C/C=C/C[C@@H](C)[C@@H](O)[C@H]1C(=O)N[C@@H](CC)C(=O)N(C)CC(=O)N(C)[C@@H](CC(C)C)C(=O)N[C@@H](C)C(=O)N(C)CC(=O)N[C@@H](C)C(=O)N[C@H](C)C(=O)N(C)[C@@H](CC(C)C)C(=O)N(C)[C@@H](CC(C)C)C(=O)N(C)[C@@H](C(C)C)C(=O)N1C. The van der Waals surface area contributed by atoms with Crippen molar-refractivity contribution < 1.29 is 57.8 Å². The van der Waals surface area contributed by atoms with E-state index in [0.717, 1.165) is 14.7 Å². The second kappa shape index (κ2) is 32.2. The van der Waals surface area contributed by atoms with Crippen molar-refractivity contribution in [3.05, 3.63) is 12.2 Å². The molecule has 1 saturated heterocycles. The Morgan fingerprint density at radius 2 is 0.937 bits per heavy atom. The highest BCUT2D eigenvalue weighted by Gasteiger charge is 2.45. The molecule has 0 aromatic carbocycles. The number of carbonyl (C=O) groups excluding carboxylic acids is 11. The van der Waals surface area contributed by atoms with E-state index in [1.807, 2.05) is 41.5 Å². The average molecular weight is 1120 g/mol. The van der Waals surface area contributed by atoms with Gasteiger partial charge in [0.25, 0.3) is 0 Å². The molecule has 0 aromatic rings. The van der Waals surface area contributed by atoms with E-state index in [2.05, 4.69) is 21.3 Å². The van der Waals surface area contributed by atoms with E-state index < -0.39 is 150 Å². The van der Waals surface area contributed by atoms with Crippen LogP contribution in [-0.4, -0.2) is 227 Å². The van der Waals surface area contributed by atoms with Gasteiger partial charge in [0, 0.05) is 49.3 Å². The summed E-state index contributed by atoms with van der Waals surface area (Å²) in [6.45, 7) is 22.9. The van der Waals surface area contributed by atoms with Gasteiger partial charge in [0.15, 0.2) is 0 Å². The monoisotopic (exact) mass is 1120 g/mol. The lowest BCUT2D eigenvalue weighted by Crippen LogP contribution is -2.63. The topological polar surface area (TPSA) is 279 Å². The van der Waals surface area contributed by atoms with E-state index in [4.69, 9.17) is 0 Å². The molecule has 1 aliphatic heterocycles. The van der Waals surface area contributed by atoms with Crippen molar-refractivity contribution in [2.45, 2.75) is 190 Å². The minimum Gasteiger partial charge on any atom is -0.390 e. The van der Waals surface area contributed by atoms with Gasteiger partial charge in [-0.2, -0.15) is 0 Å². The highest BCUT2D eigenvalue weighted by atomic mass is 16.3. The fraction of sp³-hybridized carbons (Fsp3) is 0.768. The van der Waals surface area contributed by atoms with E-state index in [9.17, 15) is 48.3 Å². The predicted octanol–water partition coefficient (Wildman–Crippen LogP) is 1.22. The van der Waals surface area contributed by atoms with Gasteiger partial charge in [0.05, 0.1) is 19.2 Å². The molecule has 0 radical (unpaired) electrons. The van der Waals surface area contributed by atoms with Crippen LogP contribution in [0.4, 0.5) is 0 Å². The fourth-order valence-electron chi connectivity index (χ4n) is 9.63. The van der Waals surface area contributed by atoms with Crippen LogP contribution in [0, 0.1) is 29.6 Å². The average Bonchev–Trinajstić information content (AvgIpc) is 3.36. The van der Waals surface area contributed by atoms with Crippen molar-refractivity contribution in [3.8, 4) is 0 Å². The summed E-state index contributed by atoms with van der Waals surface area (Å²) in [4.78, 5) is 164. The van der Waals surface area contributed by atoms with E-state index in [-0.39, 0.29) is 43.4 Å². The van der Waals surface area contributed by atoms with Gasteiger partial charge >= 0.3 is 0 Å². The maximum atomic E-state index is 15.0. The Morgan fingerprint density at radius 3 is 1.42 bits per heavy atom. The predicted molar refractivity (Wildman–Crippen MR) is 301 cm³/mol. The number of allylic oxidation sites excluding steroid dienone is 2. The maximum Gasteiger partial charge on any atom is 0.246 e. The van der Waals surface area contributed by atoms with Gasteiger partial charge in [-0.15, -0.1) is 0 Å². The number of carbonyl (C=O) groups is 11. The molecule has 1 heterocycles. The van der Waals surface area contributed by atoms with Gasteiger partial charge in [0.2, 0.25) is 65.0 Å². The van der Waals surface area contributed by atoms with E-state index in [1.54, 1.807) is 46.8 Å². The Hall–Kier alpha value is -6.13. The minimum absolute atomic E-state index is 0.0261. The van der Waals surface area contributed by atoms with Gasteiger partial charge in [-0.25, -0.2) is 0 Å². The lowest BCUT2D eigenvalue weighted by Gasteiger charge is -2.41. The van der Waals surface area contributed by atoms with Crippen molar-refractivity contribution in [2.75, 3.05) is 62.4 Å². The number of aliphatic hydroxyl groups excluding tert-OH is 1. The third-order valence-electron chi connectivity index (χ3n) is 14.5. The van der Waals surface area contributed by atoms with E-state index in [0.29, 0.717) is 6.42 Å². The molecule has 11 amide bonds. The van der Waals surface area contributed by atoms with Crippen LogP contribution in [0.15, 0.2) is 12.2 Å². The Bertz CT molecular complexity index is 2170. The first-order valence-corrected chi connectivity index (χ1v) is 27.8. The van der Waals surface area contributed by atoms with Crippen LogP contribution in [0.5, 0.6) is 0 Å². The Balaban J connectivity index is 4.14. The molecule has 1 fully saturated rings. The molecule has 5 N–H and O–H groups in total. The molecule has 0 aromatic heterocycles. The molecule has 79 heavy (non-hydrogen) atoms. The summed E-state index contributed by atoms with van der Waals surface area (Å²) < 4.78 is 0. The zero-order chi connectivity index (χ0) is 61.2. The molecule has 23 nitrogen and oxygen atoms in total. The number of hydrogen-bond donors (Lipinski definition) is 5. The molecule has 0 aliphatic carbocycles. The summed E-state index contributed by atoms with van der Waals surface area (Å²) in [6.07, 6.45) is 2.90. The van der Waals surface area contributed by atoms with Crippen molar-refractivity contribution in [3.63, 3.8) is 0 Å². The number of nitrogens with zero attached hydrogens (tertiary/aromatic N) is 7. The number of nitrogens with one attached hydrogen (secondary N) is 4. The third-order valence-corrected chi connectivity index (χ3v) is 14.5. The number of aliphatic hydroxyl groups is 1. The molecule has 11 atom stereocenters. The third kappa shape index (κ3) is 20.2. The zero-order valence-electron chi connectivity index (χ0n) is 51.3. The smallest absolute Gasteiger partial charge is 0.246 e. The van der Waals surface area contributed by atoms with Crippen molar-refractivity contribution >= 4 is 65.0 Å². The van der Waals surface area contributed by atoms with Gasteiger partial charge in [-0.3, -0.25) is 52.7 Å². The normalized spacial score (nSPS) is 26.9. The summed E-state index contributed by atoms with van der Waals surface area (Å²) in [5.74, 6) is -9.18. The Kier molecular flexibility index (Phi) is 28.9. The molecular weight excluding hydrogens is 1020 g/mol. The van der Waals surface area contributed by atoms with Crippen LogP contribution in [0.3, 0.4) is 0 Å². The van der Waals surface area contributed by atoms with Crippen LogP contribution in [0.25, 0.3) is 0 Å². The first-order valence-electron chi connectivity index (χ1n) is 27.8. The Morgan fingerprint density at radius 1 is 0.494 bits per heavy atom. The largest absolute Gasteiger partial charge is 0.390 e. The van der Waals surface area contributed by atoms with E-state index in [1.165, 1.54) is 89.7 Å². The molecule has 450 valence electrons. The van der Waals surface area contributed by atoms with Gasteiger partial charge < -0.3 is 60.7 Å². The molecule has 1 rings (SSSR count). The summed E-state index contributed by atoms with van der Waals surface area (Å²) >= 11 is 0. The molecule has 0 unspecified atom stereocenters. The van der Waals surface area contributed by atoms with Crippen LogP contribution < -0.4 is 21.3 Å². The standard InChI is InChI=1S/C56H99N11O12/c1-22-24-25-35(11)47(70)46-50(73)60-39(23-2)53(76)62(16)30-44(69)63(17)40(26-31(3)4)49(72)59-37(13)51(74)61(15)29-43(68)57-36(12)48(71)58-38(14)52(75)64(18)41(27-32(5)6)54(77)65(19)42(28-33(7)8)55(78)66(20)45(34(9)10)56(79)67(46)21/h22,24,31-42,45-47,70H,23,25-30H2,1-21H3,(H,57,68)(H,58,71)(H,59,72)(H,60,73)/b24-22+/t35-,36+,37+,38-,39+,40+,41+,42+,45+,46+,47-/m1/s1. The lowest BCUT2D eigenvalue weighted by molar-refractivity contribution is -0.157. The molecular formula is C56H99N11O12. The van der Waals surface area contributed by atoms with E-state index >= 15 is 9.59 Å². The van der Waals surface area contributed by atoms with Crippen LogP contribution in [0.1, 0.15) is 129 Å². The second-order valence-corrected chi connectivity index (χ2v) is 23.3. The van der Waals surface area contributed by atoms with Crippen molar-refractivity contribution in [1.82, 2.24) is 55.6 Å². The van der Waals surface area contributed by atoms with Gasteiger partial charge in [-0.1, -0.05) is 81.4 Å². The minimum atomic E-state index is -1.60. The van der Waals surface area contributed by atoms with Gasteiger partial charge in [-0.05, 0) is 89.4 Å². The molecule has 23 heteroatoms. The number of amides is 11. The van der Waals surface area contributed by atoms with Crippen molar-refractivity contribution in [1.29, 1.82) is 0 Å². The number of hydrogen-bond acceptors (Lipinski definition) is 12. The van der Waals surface area contributed by atoms with Crippen LogP contribution in [-0.2, 0) is 52.7 Å². The Labute approximate surface area is 470 Å². The van der Waals surface area contributed by atoms with Crippen LogP contribution in [0.2, 0.25) is 0 Å². The maximum absolute atomic E-state index is 15.0. The number of rotatable bonds is 12. The zero-order valence-corrected chi connectivity index (χ0v) is 51.3. The molecule has 0 bridgehead atoms. The first-order chi connectivity index (χ1) is 36.5. The highest BCUT2D eigenvalue weighted by Crippen LogP contribution is 2.25. The van der Waals surface area contributed by atoms with Crippen molar-refractivity contribution in [2.24, 2.45) is 29.6 Å². The quantitative estimate of drug-likeness (QED) is 0.173. The molecule has 0 saturated carbocycles. The number of likely N-dealkylation sites (N-methyl/N-ethyl adjacent to an activating group) is 7. The van der Waals surface area contributed by atoms with Gasteiger partial charge in [0.1, 0.15) is 54.4 Å². The molecule has 1 aliphatic rings. The summed E-state index contributed by atoms with van der Waals surface area (Å²) in [7, 11) is 9.74. The summed E-state index contributed by atoms with van der Waals surface area (Å²) in [5.41, 5.74) is 0.